The van der Waals surface area contributed by atoms with Crippen molar-refractivity contribution in [3.63, 3.8) is 0 Å². The molecule has 0 spiro atoms. The first-order chi connectivity index (χ1) is 14.8. The average molecular weight is 472 g/mol. The molecule has 32 heavy (non-hydrogen) atoms. The van der Waals surface area contributed by atoms with Crippen LogP contribution in [0.5, 0.6) is 0 Å². The Morgan fingerprint density at radius 3 is 2.62 bits per heavy atom. The maximum Gasteiger partial charge on any atom is 0.417 e. The van der Waals surface area contributed by atoms with Crippen LogP contribution in [0.1, 0.15) is 23.2 Å². The van der Waals surface area contributed by atoms with E-state index < -0.39 is 45.5 Å². The lowest BCUT2D eigenvalue weighted by molar-refractivity contribution is -0.137. The van der Waals surface area contributed by atoms with E-state index in [1.54, 1.807) is 13.2 Å². The van der Waals surface area contributed by atoms with Crippen molar-refractivity contribution in [1.82, 2.24) is 14.8 Å². The summed E-state index contributed by atoms with van der Waals surface area (Å²) >= 11 is 0. The molecule has 0 aliphatic carbocycles. The normalized spacial score (nSPS) is 19.1. The fourth-order valence-corrected chi connectivity index (χ4v) is 4.17. The summed E-state index contributed by atoms with van der Waals surface area (Å²) in [4.78, 5) is 18.3. The summed E-state index contributed by atoms with van der Waals surface area (Å²) in [5.74, 6) is -0.993. The van der Waals surface area contributed by atoms with Crippen molar-refractivity contribution in [2.45, 2.75) is 31.7 Å². The van der Waals surface area contributed by atoms with Gasteiger partial charge in [0.25, 0.3) is 16.0 Å². The van der Waals surface area contributed by atoms with E-state index >= 15 is 0 Å². The summed E-state index contributed by atoms with van der Waals surface area (Å²) in [5, 5.41) is 16.0. The second kappa shape index (κ2) is 8.40. The lowest BCUT2D eigenvalue weighted by Gasteiger charge is -2.28. The molecule has 1 aliphatic heterocycles. The first-order valence-electron chi connectivity index (χ1n) is 9.24. The zero-order valence-electron chi connectivity index (χ0n) is 17.2. The second-order valence-electron chi connectivity index (χ2n) is 7.25. The maximum absolute atomic E-state index is 13.5. The first kappa shape index (κ1) is 23.5. The molecule has 1 saturated heterocycles. The van der Waals surface area contributed by atoms with Gasteiger partial charge in [0, 0.05) is 31.5 Å². The molecule has 0 aromatic carbocycles. The molecule has 10 nitrogen and oxygen atoms in total. The lowest BCUT2D eigenvalue weighted by atomic mass is 10.1. The minimum atomic E-state index is -4.83. The number of carbonyl (C=O) groups is 1. The summed E-state index contributed by atoms with van der Waals surface area (Å²) in [6, 6.07) is 2.36. The summed E-state index contributed by atoms with van der Waals surface area (Å²) in [7, 11) is -2.38. The molecular formula is C18H19F3N6O4S. The molecule has 1 fully saturated rings. The van der Waals surface area contributed by atoms with Crippen LogP contribution < -0.4 is 10.2 Å². The molecule has 2 atom stereocenters. The van der Waals surface area contributed by atoms with Crippen molar-refractivity contribution in [1.29, 1.82) is 5.26 Å². The van der Waals surface area contributed by atoms with Gasteiger partial charge in [-0.1, -0.05) is 0 Å². The standard InChI is InChI=1S/C18H19F3N6O4S/c1-10-8-12(18(19,20)21)11(9-22)16(23-10)27-7-4-13(31-32(3,29)30)15(27)17(28)24-14-5-6-26(2)25-14/h5-6,8,13,15H,4,7H2,1-3H3,(H,24,25,28)/t13-,15-/m0/s1. The SMILES string of the molecule is Cc1cc(C(F)(F)F)c(C#N)c(N2CC[C@H](OS(C)(=O)=O)[C@H]2C(=O)Nc2ccn(C)n2)n1. The molecule has 1 amide bonds. The van der Waals surface area contributed by atoms with E-state index in [1.807, 2.05) is 0 Å². The molecule has 0 unspecified atom stereocenters. The van der Waals surface area contributed by atoms with Crippen molar-refractivity contribution in [2.75, 3.05) is 23.0 Å². The van der Waals surface area contributed by atoms with Gasteiger partial charge in [0.2, 0.25) is 0 Å². The second-order valence-corrected chi connectivity index (χ2v) is 8.85. The van der Waals surface area contributed by atoms with Crippen LogP contribution in [0.3, 0.4) is 0 Å². The third-order valence-corrected chi connectivity index (χ3v) is 5.29. The molecule has 2 aromatic heterocycles. The van der Waals surface area contributed by atoms with Crippen molar-refractivity contribution < 1.29 is 30.6 Å². The Bertz CT molecular complexity index is 1190. The zero-order valence-corrected chi connectivity index (χ0v) is 18.0. The summed E-state index contributed by atoms with van der Waals surface area (Å²) in [6.45, 7) is 1.26. The highest BCUT2D eigenvalue weighted by Gasteiger charge is 2.45. The van der Waals surface area contributed by atoms with Crippen LogP contribution in [0.25, 0.3) is 0 Å². The third kappa shape index (κ3) is 5.00. The van der Waals surface area contributed by atoms with E-state index in [0.717, 1.165) is 17.2 Å². The van der Waals surface area contributed by atoms with Crippen molar-refractivity contribution in [3.05, 3.63) is 35.2 Å². The number of rotatable bonds is 5. The number of pyridine rings is 1. The number of nitrogens with one attached hydrogen (secondary N) is 1. The molecule has 1 N–H and O–H groups in total. The number of nitrogens with zero attached hydrogens (tertiary/aromatic N) is 5. The van der Waals surface area contributed by atoms with Crippen LogP contribution in [-0.2, 0) is 32.3 Å². The maximum atomic E-state index is 13.5. The van der Waals surface area contributed by atoms with E-state index in [-0.39, 0.29) is 30.3 Å². The predicted molar refractivity (Wildman–Crippen MR) is 106 cm³/mol. The molecule has 2 aromatic rings. The van der Waals surface area contributed by atoms with Gasteiger partial charge in [-0.25, -0.2) is 4.98 Å². The van der Waals surface area contributed by atoms with E-state index in [1.165, 1.54) is 23.7 Å². The number of nitriles is 1. The van der Waals surface area contributed by atoms with Gasteiger partial charge in [0.15, 0.2) is 5.82 Å². The van der Waals surface area contributed by atoms with Crippen molar-refractivity contribution in [3.8, 4) is 6.07 Å². The summed E-state index contributed by atoms with van der Waals surface area (Å²) in [6.07, 6.45) is -3.69. The fraction of sp³-hybridized carbons (Fsp3) is 0.444. The monoisotopic (exact) mass is 472 g/mol. The highest BCUT2D eigenvalue weighted by atomic mass is 32.2. The number of anilines is 2. The van der Waals surface area contributed by atoms with E-state index in [0.29, 0.717) is 0 Å². The van der Waals surface area contributed by atoms with Crippen LogP contribution in [0.4, 0.5) is 24.8 Å². The van der Waals surface area contributed by atoms with Gasteiger partial charge in [-0.2, -0.15) is 31.9 Å². The number of alkyl halides is 3. The molecule has 0 radical (unpaired) electrons. The van der Waals surface area contributed by atoms with Crippen molar-refractivity contribution >= 4 is 27.7 Å². The Hall–Kier alpha value is -3.18. The first-order valence-corrected chi connectivity index (χ1v) is 11.1. The summed E-state index contributed by atoms with van der Waals surface area (Å²) < 4.78 is 70.5. The van der Waals surface area contributed by atoms with Gasteiger partial charge < -0.3 is 10.2 Å². The van der Waals surface area contributed by atoms with Crippen LogP contribution in [0, 0.1) is 18.3 Å². The van der Waals surface area contributed by atoms with Crippen LogP contribution >= 0.6 is 0 Å². The molecule has 0 saturated carbocycles. The van der Waals surface area contributed by atoms with E-state index in [2.05, 4.69) is 15.4 Å². The zero-order chi connectivity index (χ0) is 23.8. The third-order valence-electron chi connectivity index (χ3n) is 4.69. The van der Waals surface area contributed by atoms with Crippen LogP contribution in [-0.4, -0.2) is 54.0 Å². The minimum absolute atomic E-state index is 0.00475. The quantitative estimate of drug-likeness (QED) is 0.649. The van der Waals surface area contributed by atoms with Crippen LogP contribution in [0.15, 0.2) is 18.3 Å². The molecular weight excluding hydrogens is 453 g/mol. The average Bonchev–Trinajstić information content (AvgIpc) is 3.24. The van der Waals surface area contributed by atoms with Gasteiger partial charge in [-0.15, -0.1) is 0 Å². The molecule has 14 heteroatoms. The molecule has 3 rings (SSSR count). The van der Waals surface area contributed by atoms with E-state index in [4.69, 9.17) is 4.18 Å². The van der Waals surface area contributed by atoms with Gasteiger partial charge in [-0.3, -0.25) is 13.7 Å². The highest BCUT2D eigenvalue weighted by molar-refractivity contribution is 7.86. The van der Waals surface area contributed by atoms with Gasteiger partial charge in [0.1, 0.15) is 29.6 Å². The largest absolute Gasteiger partial charge is 0.417 e. The number of halogens is 3. The Labute approximate surface area is 181 Å². The number of hydrogen-bond donors (Lipinski definition) is 1. The van der Waals surface area contributed by atoms with E-state index in [9.17, 15) is 31.6 Å². The van der Waals surface area contributed by atoms with Gasteiger partial charge in [0.05, 0.1) is 11.8 Å². The predicted octanol–water partition coefficient (Wildman–Crippen LogP) is 1.58. The number of aromatic nitrogens is 3. The lowest BCUT2D eigenvalue weighted by Crippen LogP contribution is -2.47. The van der Waals surface area contributed by atoms with Gasteiger partial charge in [-0.05, 0) is 19.4 Å². The number of aryl methyl sites for hydroxylation is 2. The van der Waals surface area contributed by atoms with Crippen molar-refractivity contribution in [2.24, 2.45) is 7.05 Å². The summed E-state index contributed by atoms with van der Waals surface area (Å²) in [5.41, 5.74) is -1.99. The fourth-order valence-electron chi connectivity index (χ4n) is 3.52. The Morgan fingerprint density at radius 1 is 1.41 bits per heavy atom. The Morgan fingerprint density at radius 2 is 2.09 bits per heavy atom. The molecule has 1 aliphatic rings. The number of hydrogen-bond acceptors (Lipinski definition) is 8. The Kier molecular flexibility index (Phi) is 6.16. The van der Waals surface area contributed by atoms with Crippen LogP contribution in [0.2, 0.25) is 0 Å². The topological polar surface area (TPSA) is 130 Å². The number of carbonyl (C=O) groups excluding carboxylic acids is 1. The number of amides is 1. The van der Waals surface area contributed by atoms with Gasteiger partial charge >= 0.3 is 6.18 Å². The molecule has 172 valence electrons. The minimum Gasteiger partial charge on any atom is -0.341 e. The Balaban J connectivity index is 2.09. The smallest absolute Gasteiger partial charge is 0.341 e. The molecule has 0 bridgehead atoms. The highest BCUT2D eigenvalue weighted by Crippen LogP contribution is 2.38. The molecule has 3 heterocycles.